The molecule has 0 N–H and O–H groups in total. The third-order valence-electron chi connectivity index (χ3n) is 5.13. The number of carbonyl (C=O) groups excluding carboxylic acids is 2. The van der Waals surface area contributed by atoms with Crippen LogP contribution in [-0.4, -0.2) is 22.9 Å². The molecule has 4 heteroatoms. The fourth-order valence-corrected chi connectivity index (χ4v) is 9.86. The number of benzene rings is 1. The molecule has 2 heterocycles. The number of ketones is 2. The second-order valence-electron chi connectivity index (χ2n) is 5.98. The third-order valence-corrected chi connectivity index (χ3v) is 11.2. The highest BCUT2D eigenvalue weighted by atomic mass is 32.4. The molecule has 2 aliphatic carbocycles. The number of hydrogen-bond acceptors (Lipinski definition) is 3. The van der Waals surface area contributed by atoms with Gasteiger partial charge in [0, 0.05) is 17.9 Å². The molecule has 4 aliphatic rings. The molecule has 2 saturated heterocycles. The van der Waals surface area contributed by atoms with Crippen molar-refractivity contribution in [1.29, 1.82) is 0 Å². The Morgan fingerprint density at radius 3 is 1.95 bits per heavy atom. The summed E-state index contributed by atoms with van der Waals surface area (Å²) in [5.41, 5.74) is -0.0183. The molecule has 0 aromatic heterocycles. The number of rotatable bonds is 1. The van der Waals surface area contributed by atoms with Gasteiger partial charge in [0.25, 0.3) is 0 Å². The van der Waals surface area contributed by atoms with E-state index in [9.17, 15) is 9.59 Å². The predicted octanol–water partition coefficient (Wildman–Crippen LogP) is 2.11. The molecular formula is C15H15O2PS. The number of hydrogen-bond donors (Lipinski definition) is 0. The second kappa shape index (κ2) is 3.86. The molecule has 2 aliphatic heterocycles. The maximum atomic E-state index is 12.5. The van der Waals surface area contributed by atoms with E-state index in [0.29, 0.717) is 11.6 Å². The molecule has 2 saturated carbocycles. The average molecular weight is 290 g/mol. The van der Waals surface area contributed by atoms with Crippen LogP contribution in [0.2, 0.25) is 0 Å². The van der Waals surface area contributed by atoms with E-state index in [1.165, 1.54) is 0 Å². The molecule has 98 valence electrons. The summed E-state index contributed by atoms with van der Waals surface area (Å²) >= 11 is 6.01. The van der Waals surface area contributed by atoms with Gasteiger partial charge in [-0.15, -0.1) is 0 Å². The zero-order valence-corrected chi connectivity index (χ0v) is 12.2. The molecule has 4 fully saturated rings. The lowest BCUT2D eigenvalue weighted by Crippen LogP contribution is -2.57. The normalized spacial score (nSPS) is 43.8. The van der Waals surface area contributed by atoms with E-state index in [2.05, 4.69) is 0 Å². The zero-order valence-electron chi connectivity index (χ0n) is 10.5. The first kappa shape index (κ1) is 12.0. The van der Waals surface area contributed by atoms with Crippen LogP contribution in [0.4, 0.5) is 0 Å². The highest BCUT2D eigenvalue weighted by molar-refractivity contribution is 8.19. The first-order valence-electron chi connectivity index (χ1n) is 6.85. The molecule has 2 nitrogen and oxygen atoms in total. The van der Waals surface area contributed by atoms with Gasteiger partial charge >= 0.3 is 0 Å². The van der Waals surface area contributed by atoms with Crippen LogP contribution in [0.3, 0.4) is 0 Å². The first-order chi connectivity index (χ1) is 9.12. The first-order valence-corrected chi connectivity index (χ1v) is 9.79. The van der Waals surface area contributed by atoms with E-state index in [1.807, 2.05) is 30.3 Å². The van der Waals surface area contributed by atoms with Crippen molar-refractivity contribution in [3.05, 3.63) is 30.3 Å². The maximum Gasteiger partial charge on any atom is 0.144 e. The van der Waals surface area contributed by atoms with Gasteiger partial charge in [-0.2, -0.15) is 0 Å². The van der Waals surface area contributed by atoms with Gasteiger partial charge < -0.3 is 0 Å². The fraction of sp³-hybridized carbons (Fsp3) is 0.467. The van der Waals surface area contributed by atoms with Crippen molar-refractivity contribution in [2.45, 2.75) is 30.6 Å². The average Bonchev–Trinajstić information content (AvgIpc) is 2.43. The van der Waals surface area contributed by atoms with Gasteiger partial charge in [0.15, 0.2) is 0 Å². The van der Waals surface area contributed by atoms with Crippen LogP contribution in [0.5, 0.6) is 0 Å². The molecule has 0 amide bonds. The minimum atomic E-state index is -2.07. The van der Waals surface area contributed by atoms with E-state index in [4.69, 9.17) is 11.8 Å². The minimum Gasteiger partial charge on any atom is -0.299 e. The molecule has 19 heavy (non-hydrogen) atoms. The van der Waals surface area contributed by atoms with Gasteiger partial charge in [-0.05, 0) is 24.6 Å². The highest BCUT2D eigenvalue weighted by Gasteiger charge is 2.60. The predicted molar refractivity (Wildman–Crippen MR) is 78.8 cm³/mol. The van der Waals surface area contributed by atoms with Crippen LogP contribution >= 0.6 is 6.04 Å². The molecule has 4 bridgehead atoms. The minimum absolute atomic E-state index is 0.00917. The lowest BCUT2D eigenvalue weighted by molar-refractivity contribution is -0.135. The van der Waals surface area contributed by atoms with Crippen LogP contribution in [0.25, 0.3) is 0 Å². The topological polar surface area (TPSA) is 34.1 Å². The number of Topliss-reactive ketones (excluding diaryl/α,β-unsaturated/α-hetero) is 2. The molecule has 0 radical (unpaired) electrons. The summed E-state index contributed by atoms with van der Waals surface area (Å²) in [4.78, 5) is 25.0. The van der Waals surface area contributed by atoms with Crippen LogP contribution in [0.15, 0.2) is 30.3 Å². The van der Waals surface area contributed by atoms with E-state index < -0.39 is 6.04 Å². The summed E-state index contributed by atoms with van der Waals surface area (Å²) in [7, 11) is 0. The Morgan fingerprint density at radius 1 is 0.895 bits per heavy atom. The van der Waals surface area contributed by atoms with Crippen molar-refractivity contribution >= 4 is 34.7 Å². The molecule has 1 aromatic carbocycles. The van der Waals surface area contributed by atoms with Gasteiger partial charge in [-0.3, -0.25) is 9.59 Å². The molecule has 1 aromatic rings. The fourth-order valence-electron chi connectivity index (χ4n) is 4.25. The summed E-state index contributed by atoms with van der Waals surface area (Å²) in [6, 6.07) is 7.91. The highest BCUT2D eigenvalue weighted by Crippen LogP contribution is 2.68. The van der Waals surface area contributed by atoms with Crippen molar-refractivity contribution in [3.63, 3.8) is 0 Å². The van der Waals surface area contributed by atoms with Crippen LogP contribution in [0, 0.1) is 11.8 Å². The summed E-state index contributed by atoms with van der Waals surface area (Å²) in [5, 5.41) is 1.10. The lowest BCUT2D eigenvalue weighted by Gasteiger charge is -2.54. The summed E-state index contributed by atoms with van der Waals surface area (Å²) in [5.74, 6) is 0.997. The molecule has 4 atom stereocenters. The van der Waals surface area contributed by atoms with E-state index in [1.54, 1.807) is 0 Å². The Balaban J connectivity index is 1.91. The lowest BCUT2D eigenvalue weighted by atomic mass is 9.70. The van der Waals surface area contributed by atoms with Gasteiger partial charge in [-0.1, -0.05) is 42.1 Å². The van der Waals surface area contributed by atoms with Crippen molar-refractivity contribution < 1.29 is 9.59 Å². The Kier molecular flexibility index (Phi) is 2.44. The Hall–Kier alpha value is -0.790. The quantitative estimate of drug-likeness (QED) is 0.743. The summed E-state index contributed by atoms with van der Waals surface area (Å²) < 4.78 is 0. The molecule has 4 unspecified atom stereocenters. The third kappa shape index (κ3) is 1.41. The van der Waals surface area contributed by atoms with Crippen LogP contribution in [-0.2, 0) is 21.4 Å². The summed E-state index contributed by atoms with van der Waals surface area (Å²) in [6.07, 6.45) is 2.27. The molecular weight excluding hydrogens is 275 g/mol. The zero-order chi connectivity index (χ0) is 13.2. The van der Waals surface area contributed by atoms with Gasteiger partial charge in [-0.25, -0.2) is 0 Å². The standard InChI is InChI=1S/C15H15O2PS/c16-14-9-6-10-8-13(14)18(19,12(7-9)15(10)17)11-4-2-1-3-5-11/h1-5,9-10,12-13H,6-8H2. The smallest absolute Gasteiger partial charge is 0.144 e. The molecule has 5 rings (SSSR count). The second-order valence-corrected chi connectivity index (χ2v) is 11.0. The van der Waals surface area contributed by atoms with Crippen molar-refractivity contribution in [1.82, 2.24) is 0 Å². The van der Waals surface area contributed by atoms with Crippen molar-refractivity contribution in [2.24, 2.45) is 11.8 Å². The van der Waals surface area contributed by atoms with E-state index >= 15 is 0 Å². The Bertz CT molecular complexity index is 592. The monoisotopic (exact) mass is 290 g/mol. The maximum absolute atomic E-state index is 12.5. The van der Waals surface area contributed by atoms with E-state index in [0.717, 1.165) is 24.6 Å². The summed E-state index contributed by atoms with van der Waals surface area (Å²) in [6.45, 7) is 0. The number of carbonyl (C=O) groups is 2. The van der Waals surface area contributed by atoms with Crippen LogP contribution in [0.1, 0.15) is 19.3 Å². The largest absolute Gasteiger partial charge is 0.299 e. The van der Waals surface area contributed by atoms with Gasteiger partial charge in [0.1, 0.15) is 11.6 Å². The SMILES string of the molecule is O=C1C2CC3CC1P(=S)(c1ccccc1)C(C2)C3=O. The van der Waals surface area contributed by atoms with Crippen LogP contribution < -0.4 is 5.30 Å². The van der Waals surface area contributed by atoms with Crippen molar-refractivity contribution in [2.75, 3.05) is 0 Å². The molecule has 0 spiro atoms. The Morgan fingerprint density at radius 2 is 1.42 bits per heavy atom. The van der Waals surface area contributed by atoms with Crippen molar-refractivity contribution in [3.8, 4) is 0 Å². The van der Waals surface area contributed by atoms with Gasteiger partial charge in [0.05, 0.1) is 11.3 Å². The van der Waals surface area contributed by atoms with Gasteiger partial charge in [0.2, 0.25) is 0 Å². The Labute approximate surface area is 117 Å². The van der Waals surface area contributed by atoms with E-state index in [-0.39, 0.29) is 23.2 Å².